The fourth-order valence-electron chi connectivity index (χ4n) is 6.06. The number of fused-ring (bicyclic) bond motifs is 1. The zero-order valence-electron chi connectivity index (χ0n) is 24.7. The molecule has 2 saturated heterocycles. The smallest absolute Gasteiger partial charge is 0.229 e. The minimum atomic E-state index is -0.953. The van der Waals surface area contributed by atoms with Gasteiger partial charge in [-0.05, 0) is 50.6 Å². The van der Waals surface area contributed by atoms with E-state index >= 15 is 8.78 Å². The summed E-state index contributed by atoms with van der Waals surface area (Å²) in [5, 5.41) is 6.23. The third-order valence-electron chi connectivity index (χ3n) is 8.56. The molecule has 4 aromatic rings. The van der Waals surface area contributed by atoms with E-state index < -0.39 is 11.6 Å². The number of halogens is 2. The van der Waals surface area contributed by atoms with Gasteiger partial charge in [-0.25, -0.2) is 13.8 Å². The van der Waals surface area contributed by atoms with Gasteiger partial charge in [0, 0.05) is 80.7 Å². The molecule has 0 radical (unpaired) electrons. The molecule has 0 spiro atoms. The number of likely N-dealkylation sites (N-methyl/N-ethyl adjacent to an activating group) is 1. The highest BCUT2D eigenvalue weighted by molar-refractivity contribution is 5.85. The molecule has 2 aromatic carbocycles. The number of piperazine rings is 1. The summed E-state index contributed by atoms with van der Waals surface area (Å²) < 4.78 is 30.8. The molecule has 9 nitrogen and oxygen atoms in total. The Balaban J connectivity index is 1.18. The van der Waals surface area contributed by atoms with Crippen molar-refractivity contribution in [2.24, 2.45) is 0 Å². The van der Waals surface area contributed by atoms with Gasteiger partial charge >= 0.3 is 0 Å². The summed E-state index contributed by atoms with van der Waals surface area (Å²) in [6.45, 7) is 11.6. The lowest BCUT2D eigenvalue weighted by atomic mass is 10.0. The molecule has 2 N–H and O–H groups in total. The summed E-state index contributed by atoms with van der Waals surface area (Å²) in [7, 11) is 2.15. The first-order valence-electron chi connectivity index (χ1n) is 14.9. The summed E-state index contributed by atoms with van der Waals surface area (Å²) >= 11 is 0. The molecule has 0 unspecified atom stereocenters. The SMILES string of the molecule is C=Cc1cnc(Nc2ccc(N3CCC(N4CCN(C)CC4)CC3)c(F)c2F)nc1Nc1ccc2nccnc2c1CC. The second-order valence-corrected chi connectivity index (χ2v) is 11.1. The number of benzene rings is 2. The Morgan fingerprint density at radius 1 is 0.907 bits per heavy atom. The molecule has 2 aliphatic heterocycles. The molecule has 2 fully saturated rings. The standard InChI is InChI=1S/C32H37F2N9/c1-4-21-20-37-32(40-31(21)38-24-6-7-26-30(23(24)5-2)36-13-12-35-26)39-25-8-9-27(29(34)28(25)33)43-14-10-22(11-15-43)42-18-16-41(3)17-19-42/h4,6-9,12-13,20,22H,1,5,10-11,14-19H2,2-3H3,(H2,37,38,39,40). The van der Waals surface area contributed by atoms with E-state index in [1.54, 1.807) is 36.8 Å². The number of rotatable bonds is 8. The van der Waals surface area contributed by atoms with Crippen LogP contribution in [0.25, 0.3) is 17.1 Å². The van der Waals surface area contributed by atoms with E-state index in [9.17, 15) is 0 Å². The Labute approximate surface area is 250 Å². The van der Waals surface area contributed by atoms with Gasteiger partial charge in [0.1, 0.15) is 5.82 Å². The largest absolute Gasteiger partial charge is 0.369 e. The summed E-state index contributed by atoms with van der Waals surface area (Å²) in [4.78, 5) is 24.6. The van der Waals surface area contributed by atoms with Crippen LogP contribution in [-0.2, 0) is 6.42 Å². The van der Waals surface area contributed by atoms with Crippen molar-refractivity contribution < 1.29 is 8.78 Å². The van der Waals surface area contributed by atoms with E-state index in [0.717, 1.165) is 67.7 Å². The maximum absolute atomic E-state index is 15.4. The topological polar surface area (TPSA) is 85.3 Å². The number of nitrogens with zero attached hydrogens (tertiary/aromatic N) is 7. The van der Waals surface area contributed by atoms with Crippen LogP contribution in [0.3, 0.4) is 0 Å². The van der Waals surface area contributed by atoms with Gasteiger partial charge in [0.05, 0.1) is 22.4 Å². The highest BCUT2D eigenvalue weighted by atomic mass is 19.2. The Hall–Kier alpha value is -4.22. The van der Waals surface area contributed by atoms with Crippen LogP contribution in [0.4, 0.5) is 37.6 Å². The minimum Gasteiger partial charge on any atom is -0.369 e. The van der Waals surface area contributed by atoms with Gasteiger partial charge in [0.2, 0.25) is 5.95 Å². The zero-order valence-corrected chi connectivity index (χ0v) is 24.7. The van der Waals surface area contributed by atoms with Crippen LogP contribution in [0.15, 0.2) is 49.4 Å². The van der Waals surface area contributed by atoms with Crippen LogP contribution in [0, 0.1) is 11.6 Å². The average molecular weight is 586 g/mol. The first kappa shape index (κ1) is 28.9. The van der Waals surface area contributed by atoms with Crippen LogP contribution >= 0.6 is 0 Å². The predicted molar refractivity (Wildman–Crippen MR) is 168 cm³/mol. The highest BCUT2D eigenvalue weighted by Crippen LogP contribution is 2.32. The molecule has 2 aromatic heterocycles. The van der Waals surface area contributed by atoms with Gasteiger partial charge in [-0.3, -0.25) is 14.9 Å². The normalized spacial score (nSPS) is 16.9. The Kier molecular flexibility index (Phi) is 8.44. The molecule has 0 bridgehead atoms. The number of hydrogen-bond donors (Lipinski definition) is 2. The van der Waals surface area contributed by atoms with Crippen molar-refractivity contribution in [3.63, 3.8) is 0 Å². The van der Waals surface area contributed by atoms with Crippen molar-refractivity contribution in [1.82, 2.24) is 29.7 Å². The van der Waals surface area contributed by atoms with Crippen molar-refractivity contribution in [1.29, 1.82) is 0 Å². The number of aromatic nitrogens is 4. The monoisotopic (exact) mass is 585 g/mol. The molecule has 224 valence electrons. The number of aryl methyl sites for hydroxylation is 1. The molecule has 2 aliphatic rings. The second kappa shape index (κ2) is 12.6. The van der Waals surface area contributed by atoms with Gasteiger partial charge in [-0.2, -0.15) is 4.98 Å². The third kappa shape index (κ3) is 6.00. The van der Waals surface area contributed by atoms with Crippen LogP contribution in [-0.4, -0.2) is 82.1 Å². The molecule has 0 amide bonds. The van der Waals surface area contributed by atoms with E-state index in [1.807, 2.05) is 24.0 Å². The van der Waals surface area contributed by atoms with Gasteiger partial charge in [-0.15, -0.1) is 0 Å². The first-order chi connectivity index (χ1) is 20.9. The molecular formula is C32H37F2N9. The van der Waals surface area contributed by atoms with Crippen LogP contribution in [0.5, 0.6) is 0 Å². The summed E-state index contributed by atoms with van der Waals surface area (Å²) in [6, 6.07) is 7.51. The van der Waals surface area contributed by atoms with Crippen molar-refractivity contribution >= 4 is 45.9 Å². The van der Waals surface area contributed by atoms with E-state index in [1.165, 1.54) is 0 Å². The zero-order chi connectivity index (χ0) is 29.9. The lowest BCUT2D eigenvalue weighted by Crippen LogP contribution is -2.52. The van der Waals surface area contributed by atoms with E-state index in [2.05, 4.69) is 54.0 Å². The van der Waals surface area contributed by atoms with Gasteiger partial charge < -0.3 is 20.4 Å². The van der Waals surface area contributed by atoms with Crippen molar-refractivity contribution in [2.75, 3.05) is 61.8 Å². The molecule has 4 heterocycles. The van der Waals surface area contributed by atoms with Crippen LogP contribution in [0.2, 0.25) is 0 Å². The maximum Gasteiger partial charge on any atom is 0.229 e. The van der Waals surface area contributed by atoms with Crippen LogP contribution < -0.4 is 15.5 Å². The Bertz CT molecular complexity index is 1610. The quantitative estimate of drug-likeness (QED) is 0.274. The fourth-order valence-corrected chi connectivity index (χ4v) is 6.06. The first-order valence-corrected chi connectivity index (χ1v) is 14.9. The van der Waals surface area contributed by atoms with Gasteiger partial charge in [-0.1, -0.05) is 19.6 Å². The summed E-state index contributed by atoms with van der Waals surface area (Å²) in [5.74, 6) is -1.21. The molecule has 6 rings (SSSR count). The number of hydrogen-bond acceptors (Lipinski definition) is 9. The van der Waals surface area contributed by atoms with Gasteiger partial charge in [0.25, 0.3) is 0 Å². The molecule has 43 heavy (non-hydrogen) atoms. The molecule has 0 atom stereocenters. The van der Waals surface area contributed by atoms with Crippen molar-refractivity contribution in [2.45, 2.75) is 32.2 Å². The molecule has 11 heteroatoms. The van der Waals surface area contributed by atoms with Gasteiger partial charge in [0.15, 0.2) is 11.6 Å². The van der Waals surface area contributed by atoms with Crippen LogP contribution in [0.1, 0.15) is 30.9 Å². The lowest BCUT2D eigenvalue weighted by Gasteiger charge is -2.42. The highest BCUT2D eigenvalue weighted by Gasteiger charge is 2.28. The molecule has 0 saturated carbocycles. The third-order valence-corrected chi connectivity index (χ3v) is 8.56. The minimum absolute atomic E-state index is 0.0268. The Morgan fingerprint density at radius 2 is 1.65 bits per heavy atom. The number of nitrogens with one attached hydrogen (secondary N) is 2. The number of anilines is 5. The van der Waals surface area contributed by atoms with E-state index in [-0.39, 0.29) is 17.3 Å². The fraction of sp³-hybridized carbons (Fsp3) is 0.375. The average Bonchev–Trinajstić information content (AvgIpc) is 3.04. The Morgan fingerprint density at radius 3 is 2.40 bits per heavy atom. The molecular weight excluding hydrogens is 548 g/mol. The van der Waals surface area contributed by atoms with E-state index in [0.29, 0.717) is 30.5 Å². The lowest BCUT2D eigenvalue weighted by molar-refractivity contribution is 0.0981. The predicted octanol–water partition coefficient (Wildman–Crippen LogP) is 5.61. The van der Waals surface area contributed by atoms with E-state index in [4.69, 9.17) is 0 Å². The second-order valence-electron chi connectivity index (χ2n) is 11.1. The van der Waals surface area contributed by atoms with Crippen molar-refractivity contribution in [3.05, 3.63) is 72.2 Å². The molecule has 0 aliphatic carbocycles. The summed E-state index contributed by atoms with van der Waals surface area (Å²) in [5.41, 5.74) is 4.35. The van der Waals surface area contributed by atoms with Crippen molar-refractivity contribution in [3.8, 4) is 0 Å². The summed E-state index contributed by atoms with van der Waals surface area (Å²) in [6.07, 6.45) is 9.16. The maximum atomic E-state index is 15.4. The number of piperidine rings is 1.